The fourth-order valence-electron chi connectivity index (χ4n) is 2.29. The Balaban J connectivity index is 2.11. The molecule has 0 spiro atoms. The highest BCUT2D eigenvalue weighted by molar-refractivity contribution is 5.83. The normalized spacial score (nSPS) is 30.1. The third-order valence-corrected chi connectivity index (χ3v) is 3.30. The van der Waals surface area contributed by atoms with E-state index in [1.165, 1.54) is 10.9 Å². The number of ether oxygens (including phenoxy) is 1. The zero-order valence-corrected chi connectivity index (χ0v) is 10.3. The van der Waals surface area contributed by atoms with E-state index in [-0.39, 0.29) is 22.9 Å². The summed E-state index contributed by atoms with van der Waals surface area (Å²) in [6.45, 7) is -0.432. The number of nitrogens with zero attached hydrogens (tertiary/aromatic N) is 4. The largest absolute Gasteiger partial charge is 0.394 e. The molecule has 2 aromatic rings. The van der Waals surface area contributed by atoms with Gasteiger partial charge in [-0.05, 0) is 0 Å². The van der Waals surface area contributed by atoms with Crippen LogP contribution < -0.4 is 11.5 Å². The van der Waals surface area contributed by atoms with Gasteiger partial charge in [0.2, 0.25) is 5.95 Å². The minimum atomic E-state index is -1.27. The van der Waals surface area contributed by atoms with Crippen LogP contribution in [0.15, 0.2) is 6.33 Å². The van der Waals surface area contributed by atoms with E-state index in [2.05, 4.69) is 15.0 Å². The number of imidazole rings is 1. The van der Waals surface area contributed by atoms with Crippen molar-refractivity contribution in [2.45, 2.75) is 24.5 Å². The molecule has 0 unspecified atom stereocenters. The lowest BCUT2D eigenvalue weighted by molar-refractivity contribution is -0.0500. The van der Waals surface area contributed by atoms with Crippen LogP contribution in [0.4, 0.5) is 11.8 Å². The molecule has 20 heavy (non-hydrogen) atoms. The Morgan fingerprint density at radius 3 is 2.65 bits per heavy atom. The molecular weight excluding hydrogens is 268 g/mol. The summed E-state index contributed by atoms with van der Waals surface area (Å²) in [4.78, 5) is 11.8. The first-order valence-electron chi connectivity index (χ1n) is 5.91. The summed E-state index contributed by atoms with van der Waals surface area (Å²) in [7, 11) is 0. The van der Waals surface area contributed by atoms with Crippen molar-refractivity contribution in [3.63, 3.8) is 0 Å². The van der Waals surface area contributed by atoms with Crippen LogP contribution in [0.5, 0.6) is 0 Å². The van der Waals surface area contributed by atoms with Crippen LogP contribution in [0.25, 0.3) is 11.2 Å². The second-order valence-electron chi connectivity index (χ2n) is 4.50. The monoisotopic (exact) mass is 282 g/mol. The van der Waals surface area contributed by atoms with Crippen LogP contribution in [0.1, 0.15) is 6.23 Å². The molecule has 108 valence electrons. The Labute approximate surface area is 112 Å². The van der Waals surface area contributed by atoms with E-state index < -0.39 is 31.1 Å². The zero-order chi connectivity index (χ0) is 14.4. The Bertz CT molecular complexity index is 646. The van der Waals surface area contributed by atoms with Gasteiger partial charge < -0.3 is 31.5 Å². The van der Waals surface area contributed by atoms with Gasteiger partial charge in [-0.15, -0.1) is 0 Å². The predicted octanol–water partition coefficient (Wildman–Crippen LogP) is -2.40. The summed E-state index contributed by atoms with van der Waals surface area (Å²) in [5.74, 6) is 0.161. The van der Waals surface area contributed by atoms with E-state index in [0.29, 0.717) is 0 Å². The first-order valence-corrected chi connectivity index (χ1v) is 5.91. The number of anilines is 2. The van der Waals surface area contributed by atoms with E-state index in [1.54, 1.807) is 0 Å². The minimum absolute atomic E-state index is 0.0158. The van der Waals surface area contributed by atoms with Gasteiger partial charge in [-0.25, -0.2) is 15.0 Å². The first-order chi connectivity index (χ1) is 9.54. The highest BCUT2D eigenvalue weighted by Crippen LogP contribution is 2.33. The van der Waals surface area contributed by atoms with Gasteiger partial charge in [0, 0.05) is 0 Å². The number of aliphatic hydroxyl groups is 3. The number of aromatic nitrogens is 4. The van der Waals surface area contributed by atoms with Gasteiger partial charge in [0.1, 0.15) is 24.6 Å². The molecule has 7 N–H and O–H groups in total. The number of hydrogen-bond acceptors (Lipinski definition) is 9. The molecule has 0 aromatic carbocycles. The summed E-state index contributed by atoms with van der Waals surface area (Å²) in [6.07, 6.45) is -3.20. The second kappa shape index (κ2) is 4.52. The summed E-state index contributed by atoms with van der Waals surface area (Å²) in [5, 5.41) is 28.9. The van der Waals surface area contributed by atoms with Gasteiger partial charge in [0.05, 0.1) is 6.61 Å². The SMILES string of the molecule is Nc1ncnc2c1nc(N)n2[C@@H]1O[C@H](CO)[C@H](O)[C@@H]1O. The van der Waals surface area contributed by atoms with E-state index in [0.717, 1.165) is 0 Å². The minimum Gasteiger partial charge on any atom is -0.394 e. The van der Waals surface area contributed by atoms with Crippen LogP contribution in [0.3, 0.4) is 0 Å². The molecule has 10 nitrogen and oxygen atoms in total. The molecular formula is C10H14N6O4. The highest BCUT2D eigenvalue weighted by atomic mass is 16.6. The number of hydrogen-bond donors (Lipinski definition) is 5. The molecule has 1 aliphatic rings. The smallest absolute Gasteiger partial charge is 0.204 e. The summed E-state index contributed by atoms with van der Waals surface area (Å²) >= 11 is 0. The number of nitrogen functional groups attached to an aromatic ring is 2. The van der Waals surface area contributed by atoms with Crippen molar-refractivity contribution >= 4 is 22.9 Å². The van der Waals surface area contributed by atoms with Crippen molar-refractivity contribution in [3.8, 4) is 0 Å². The molecule has 0 saturated carbocycles. The Morgan fingerprint density at radius 2 is 2.00 bits per heavy atom. The summed E-state index contributed by atoms with van der Waals surface area (Å²) in [5.41, 5.74) is 12.0. The van der Waals surface area contributed by atoms with Gasteiger partial charge in [0.15, 0.2) is 23.2 Å². The summed E-state index contributed by atoms with van der Waals surface area (Å²) < 4.78 is 6.72. The topological polar surface area (TPSA) is 166 Å². The van der Waals surface area contributed by atoms with Crippen LogP contribution in [-0.2, 0) is 4.74 Å². The lowest BCUT2D eigenvalue weighted by Gasteiger charge is -2.17. The van der Waals surface area contributed by atoms with Crippen molar-refractivity contribution < 1.29 is 20.1 Å². The van der Waals surface area contributed by atoms with Crippen LogP contribution in [0, 0.1) is 0 Å². The number of aliphatic hydroxyl groups excluding tert-OH is 3. The fraction of sp³-hybridized carbons (Fsp3) is 0.500. The van der Waals surface area contributed by atoms with Crippen molar-refractivity contribution in [2.75, 3.05) is 18.1 Å². The van der Waals surface area contributed by atoms with Crippen molar-refractivity contribution in [1.29, 1.82) is 0 Å². The van der Waals surface area contributed by atoms with E-state index in [9.17, 15) is 10.2 Å². The third kappa shape index (κ3) is 1.70. The molecule has 2 aromatic heterocycles. The molecule has 10 heteroatoms. The Hall–Kier alpha value is -2.01. The quantitative estimate of drug-likeness (QED) is 0.403. The van der Waals surface area contributed by atoms with E-state index >= 15 is 0 Å². The average Bonchev–Trinajstić information content (AvgIpc) is 2.90. The maximum atomic E-state index is 10.0. The van der Waals surface area contributed by atoms with Crippen molar-refractivity contribution in [3.05, 3.63) is 6.33 Å². The maximum Gasteiger partial charge on any atom is 0.204 e. The lowest BCUT2D eigenvalue weighted by Crippen LogP contribution is -2.33. The molecule has 0 radical (unpaired) electrons. The molecule has 0 bridgehead atoms. The maximum absolute atomic E-state index is 10.0. The van der Waals surface area contributed by atoms with Crippen LogP contribution >= 0.6 is 0 Å². The van der Waals surface area contributed by atoms with Gasteiger partial charge in [0.25, 0.3) is 0 Å². The molecule has 0 aliphatic carbocycles. The van der Waals surface area contributed by atoms with Crippen molar-refractivity contribution in [2.24, 2.45) is 0 Å². The molecule has 1 saturated heterocycles. The van der Waals surface area contributed by atoms with Gasteiger partial charge in [-0.2, -0.15) is 0 Å². The standard InChI is InChI=1S/C10H14N6O4/c11-7-4-8(14-2-13-7)16(10(12)15-4)9-6(19)5(18)3(1-17)20-9/h2-3,5-6,9,17-19H,1H2,(H2,12,15)(H2,11,13,14)/t3-,5+,6+,9-/m1/s1. The molecule has 0 amide bonds. The molecule has 4 atom stereocenters. The zero-order valence-electron chi connectivity index (χ0n) is 10.3. The fourth-order valence-corrected chi connectivity index (χ4v) is 2.29. The highest BCUT2D eigenvalue weighted by Gasteiger charge is 2.44. The van der Waals surface area contributed by atoms with Gasteiger partial charge >= 0.3 is 0 Å². The third-order valence-electron chi connectivity index (χ3n) is 3.30. The van der Waals surface area contributed by atoms with Gasteiger partial charge in [-0.3, -0.25) is 4.57 Å². The lowest BCUT2D eigenvalue weighted by atomic mass is 10.1. The Morgan fingerprint density at radius 1 is 1.25 bits per heavy atom. The van der Waals surface area contributed by atoms with Crippen molar-refractivity contribution in [1.82, 2.24) is 19.5 Å². The van der Waals surface area contributed by atoms with E-state index in [1.807, 2.05) is 0 Å². The molecule has 3 heterocycles. The Kier molecular flexibility index (Phi) is 2.94. The second-order valence-corrected chi connectivity index (χ2v) is 4.50. The number of fused-ring (bicyclic) bond motifs is 1. The van der Waals surface area contributed by atoms with Gasteiger partial charge in [-0.1, -0.05) is 0 Å². The molecule has 1 aliphatic heterocycles. The average molecular weight is 282 g/mol. The summed E-state index contributed by atoms with van der Waals surface area (Å²) in [6, 6.07) is 0. The predicted molar refractivity (Wildman–Crippen MR) is 67.2 cm³/mol. The first kappa shape index (κ1) is 13.0. The van der Waals surface area contributed by atoms with Crippen LogP contribution in [0.2, 0.25) is 0 Å². The van der Waals surface area contributed by atoms with E-state index in [4.69, 9.17) is 21.3 Å². The molecule has 3 rings (SSSR count). The van der Waals surface area contributed by atoms with Crippen LogP contribution in [-0.4, -0.2) is 59.8 Å². The number of rotatable bonds is 2. The molecule has 1 fully saturated rings. The number of nitrogens with two attached hydrogens (primary N) is 2.